The number of nitrogens with zero attached hydrogens (tertiary/aromatic N) is 2. The monoisotopic (exact) mass is 226 g/mol. The molecule has 0 radical (unpaired) electrons. The van der Waals surface area contributed by atoms with Gasteiger partial charge in [0.1, 0.15) is 10.1 Å². The molecule has 0 unspecified atom stereocenters. The van der Waals surface area contributed by atoms with Gasteiger partial charge in [0.25, 0.3) is 0 Å². The van der Waals surface area contributed by atoms with E-state index in [1.807, 2.05) is 0 Å². The summed E-state index contributed by atoms with van der Waals surface area (Å²) in [5.74, 6) is -0.346. The van der Waals surface area contributed by atoms with Crippen molar-refractivity contribution < 1.29 is 4.39 Å². The van der Waals surface area contributed by atoms with Crippen LogP contribution in [0.2, 0.25) is 0 Å². The number of hydrogen-bond acceptors (Lipinski definition) is 2. The lowest BCUT2D eigenvalue weighted by atomic mass is 10.2. The second-order valence-corrected chi connectivity index (χ2v) is 3.05. The molecular weight excluding hydrogens is 223 g/mol. The highest BCUT2D eigenvalue weighted by atomic mass is 79.9. The zero-order valence-electron chi connectivity index (χ0n) is 5.96. The smallest absolute Gasteiger partial charge is 0.150 e. The fourth-order valence-electron chi connectivity index (χ4n) is 1.01. The molecule has 2 heterocycles. The Hall–Kier alpha value is -1.03. The van der Waals surface area contributed by atoms with Crippen LogP contribution in [0, 0.1) is 5.82 Å². The van der Waals surface area contributed by atoms with Crippen LogP contribution in [-0.2, 0) is 0 Å². The van der Waals surface area contributed by atoms with Crippen molar-refractivity contribution in [3.63, 3.8) is 0 Å². The van der Waals surface area contributed by atoms with Gasteiger partial charge in [0, 0.05) is 11.6 Å². The van der Waals surface area contributed by atoms with Gasteiger partial charge in [0.05, 0.1) is 6.20 Å². The summed E-state index contributed by atoms with van der Waals surface area (Å²) in [4.78, 5) is 7.78. The van der Waals surface area contributed by atoms with Gasteiger partial charge in [-0.3, -0.25) is 4.98 Å². The van der Waals surface area contributed by atoms with Crippen LogP contribution in [0.25, 0.3) is 10.9 Å². The molecule has 0 N–H and O–H groups in total. The third-order valence-corrected chi connectivity index (χ3v) is 2.13. The van der Waals surface area contributed by atoms with Gasteiger partial charge in [-0.25, -0.2) is 9.37 Å². The van der Waals surface area contributed by atoms with Crippen molar-refractivity contribution in [2.45, 2.75) is 0 Å². The van der Waals surface area contributed by atoms with Gasteiger partial charge in [-0.05, 0) is 28.1 Å². The Balaban J connectivity index is 2.95. The van der Waals surface area contributed by atoms with E-state index in [9.17, 15) is 4.39 Å². The molecule has 0 saturated carbocycles. The van der Waals surface area contributed by atoms with E-state index in [1.165, 1.54) is 6.20 Å². The van der Waals surface area contributed by atoms with Gasteiger partial charge >= 0.3 is 0 Å². The fourth-order valence-corrected chi connectivity index (χ4v) is 1.42. The van der Waals surface area contributed by atoms with Crippen molar-refractivity contribution in [2.75, 3.05) is 0 Å². The highest BCUT2D eigenvalue weighted by Gasteiger charge is 2.04. The van der Waals surface area contributed by atoms with Crippen LogP contribution in [0.1, 0.15) is 0 Å². The molecule has 0 amide bonds. The molecule has 2 nitrogen and oxygen atoms in total. The summed E-state index contributed by atoms with van der Waals surface area (Å²) in [7, 11) is 0. The summed E-state index contributed by atoms with van der Waals surface area (Å²) >= 11 is 3.19. The zero-order chi connectivity index (χ0) is 8.55. The van der Waals surface area contributed by atoms with Crippen molar-refractivity contribution in [1.29, 1.82) is 0 Å². The lowest BCUT2D eigenvalue weighted by Gasteiger charge is -1.98. The van der Waals surface area contributed by atoms with Gasteiger partial charge in [0.2, 0.25) is 0 Å². The fraction of sp³-hybridized carbons (Fsp3) is 0. The van der Waals surface area contributed by atoms with Crippen LogP contribution < -0.4 is 0 Å². The first-order valence-corrected chi connectivity index (χ1v) is 4.13. The van der Waals surface area contributed by atoms with Crippen LogP contribution in [0.5, 0.6) is 0 Å². The number of aromatic nitrogens is 2. The summed E-state index contributed by atoms with van der Waals surface area (Å²) in [6.07, 6.45) is 2.78. The molecule has 2 aromatic rings. The minimum absolute atomic E-state index is 0.346. The van der Waals surface area contributed by atoms with E-state index in [4.69, 9.17) is 0 Å². The average Bonchev–Trinajstić information content (AvgIpc) is 2.12. The molecule has 0 saturated heterocycles. The minimum atomic E-state index is -0.346. The molecule has 2 rings (SSSR count). The highest BCUT2D eigenvalue weighted by Crippen LogP contribution is 2.20. The average molecular weight is 227 g/mol. The van der Waals surface area contributed by atoms with E-state index < -0.39 is 0 Å². The standard InChI is InChI=1S/C8H4BrFN2/c9-8-7-5(2-1-3-11-7)6(10)4-12-8/h1-4H. The van der Waals surface area contributed by atoms with Crippen LogP contribution in [0.4, 0.5) is 4.39 Å². The molecule has 60 valence electrons. The number of fused-ring (bicyclic) bond motifs is 1. The normalized spacial score (nSPS) is 10.5. The first-order valence-electron chi connectivity index (χ1n) is 3.34. The lowest BCUT2D eigenvalue weighted by molar-refractivity contribution is 0.633. The van der Waals surface area contributed by atoms with Crippen molar-refractivity contribution in [3.05, 3.63) is 34.9 Å². The Kier molecular flexibility index (Phi) is 1.77. The number of pyridine rings is 2. The molecule has 0 fully saturated rings. The Labute approximate surface area is 76.6 Å². The summed E-state index contributed by atoms with van der Waals surface area (Å²) in [6.45, 7) is 0. The van der Waals surface area contributed by atoms with Gasteiger partial charge in [-0.2, -0.15) is 0 Å². The maximum Gasteiger partial charge on any atom is 0.150 e. The van der Waals surface area contributed by atoms with Gasteiger partial charge < -0.3 is 0 Å². The van der Waals surface area contributed by atoms with Crippen molar-refractivity contribution in [3.8, 4) is 0 Å². The molecule has 0 aromatic carbocycles. The van der Waals surface area contributed by atoms with Crippen molar-refractivity contribution in [1.82, 2.24) is 9.97 Å². The first-order chi connectivity index (χ1) is 5.79. The molecule has 2 aromatic heterocycles. The van der Waals surface area contributed by atoms with E-state index in [1.54, 1.807) is 18.3 Å². The molecule has 4 heteroatoms. The maximum atomic E-state index is 13.0. The molecule has 0 bridgehead atoms. The number of rotatable bonds is 0. The van der Waals surface area contributed by atoms with E-state index >= 15 is 0 Å². The molecule has 0 aliphatic rings. The number of hydrogen-bond donors (Lipinski definition) is 0. The summed E-state index contributed by atoms with van der Waals surface area (Å²) in [5.41, 5.74) is 0.553. The molecule has 0 aliphatic heterocycles. The second kappa shape index (κ2) is 2.79. The predicted molar refractivity (Wildman–Crippen MR) is 47.2 cm³/mol. The van der Waals surface area contributed by atoms with Crippen molar-refractivity contribution in [2.24, 2.45) is 0 Å². The summed E-state index contributed by atoms with van der Waals surface area (Å²) in [5, 5.41) is 0.486. The van der Waals surface area contributed by atoms with Crippen LogP contribution in [-0.4, -0.2) is 9.97 Å². The van der Waals surface area contributed by atoms with Crippen LogP contribution in [0.15, 0.2) is 29.1 Å². The SMILES string of the molecule is Fc1cnc(Br)c2ncccc12. The predicted octanol–water partition coefficient (Wildman–Crippen LogP) is 2.53. The zero-order valence-corrected chi connectivity index (χ0v) is 7.55. The third kappa shape index (κ3) is 1.08. The first kappa shape index (κ1) is 7.61. The van der Waals surface area contributed by atoms with E-state index in [-0.39, 0.29) is 5.82 Å². The van der Waals surface area contributed by atoms with Gasteiger partial charge in [-0.15, -0.1) is 0 Å². The van der Waals surface area contributed by atoms with E-state index in [0.29, 0.717) is 15.5 Å². The Morgan fingerprint density at radius 3 is 2.92 bits per heavy atom. The Bertz CT molecular complexity index is 390. The lowest BCUT2D eigenvalue weighted by Crippen LogP contribution is -1.86. The van der Waals surface area contributed by atoms with Crippen LogP contribution in [0.3, 0.4) is 0 Å². The minimum Gasteiger partial charge on any atom is -0.253 e. The topological polar surface area (TPSA) is 25.8 Å². The summed E-state index contributed by atoms with van der Waals surface area (Å²) < 4.78 is 13.6. The molecule has 0 spiro atoms. The molecule has 12 heavy (non-hydrogen) atoms. The van der Waals surface area contributed by atoms with E-state index in [2.05, 4.69) is 25.9 Å². The highest BCUT2D eigenvalue weighted by molar-refractivity contribution is 9.10. The van der Waals surface area contributed by atoms with Gasteiger partial charge in [0.15, 0.2) is 5.82 Å². The van der Waals surface area contributed by atoms with E-state index in [0.717, 1.165) is 0 Å². The second-order valence-electron chi connectivity index (χ2n) is 2.30. The van der Waals surface area contributed by atoms with Crippen LogP contribution >= 0.6 is 15.9 Å². The van der Waals surface area contributed by atoms with Gasteiger partial charge in [-0.1, -0.05) is 0 Å². The Morgan fingerprint density at radius 2 is 2.17 bits per heavy atom. The molecule has 0 aliphatic carbocycles. The van der Waals surface area contributed by atoms with Crippen molar-refractivity contribution >= 4 is 26.8 Å². The number of halogens is 2. The maximum absolute atomic E-state index is 13.0. The third-order valence-electron chi connectivity index (χ3n) is 1.55. The molecular formula is C8H4BrFN2. The molecule has 0 atom stereocenters. The quantitative estimate of drug-likeness (QED) is 0.646. The largest absolute Gasteiger partial charge is 0.253 e. The Morgan fingerprint density at radius 1 is 1.33 bits per heavy atom. The summed E-state index contributed by atoms with van der Waals surface area (Å²) in [6, 6.07) is 3.36.